The Hall–Kier alpha value is -4.47. The minimum atomic E-state index is -4.78. The molecule has 4 aromatic carbocycles. The number of carbonyl (C=O) groups is 1. The van der Waals surface area contributed by atoms with Crippen LogP contribution in [-0.4, -0.2) is 44.0 Å². The van der Waals surface area contributed by atoms with E-state index in [0.29, 0.717) is 11.8 Å². The second-order valence-electron chi connectivity index (χ2n) is 9.31. The predicted molar refractivity (Wildman–Crippen MR) is 163 cm³/mol. The first-order valence-corrected chi connectivity index (χ1v) is 16.0. The van der Waals surface area contributed by atoms with E-state index in [9.17, 15) is 34.8 Å². The normalized spacial score (nSPS) is 11.9. The zero-order valence-electron chi connectivity index (χ0n) is 23.7. The highest BCUT2D eigenvalue weighted by Crippen LogP contribution is 2.37. The highest BCUT2D eigenvalue weighted by molar-refractivity contribution is 7.93. The third-order valence-electron chi connectivity index (χ3n) is 6.45. The van der Waals surface area contributed by atoms with Gasteiger partial charge in [-0.2, -0.15) is 13.2 Å². The molecule has 0 heterocycles. The molecule has 1 amide bonds. The highest BCUT2D eigenvalue weighted by Gasteiger charge is 2.33. The van der Waals surface area contributed by atoms with Crippen LogP contribution >= 0.6 is 11.6 Å². The van der Waals surface area contributed by atoms with Crippen LogP contribution in [0.15, 0.2) is 94.7 Å². The number of benzene rings is 4. The van der Waals surface area contributed by atoms with Crippen molar-refractivity contribution >= 4 is 54.6 Å². The third-order valence-corrected chi connectivity index (χ3v) is 9.96. The maximum atomic E-state index is 13.2. The monoisotopic (exact) mass is 683 g/mol. The van der Waals surface area contributed by atoms with Crippen LogP contribution in [0.4, 0.5) is 30.2 Å². The molecule has 238 valence electrons. The zero-order chi connectivity index (χ0) is 33.2. The number of carbonyl (C=O) groups excluding carboxylic acids is 1. The number of hydrogen-bond acceptors (Lipinski definition) is 7. The molecular weight excluding hydrogens is 659 g/mol. The standard InChI is InChI=1S/C29H25ClF3N3O7S2/c1-36(45(40,41)23-13-15-26(42-2)27(17-23)43-3)21-9-4-18(5-10-21)28(37)34-19-6-11-22(12-7-19)44(38,39)35-20-8-14-25(30)24(16-20)29(31,32)33/h4-17,35H,1-3H3,(H,34,37). The third kappa shape index (κ3) is 7.44. The Morgan fingerprint density at radius 3 is 1.93 bits per heavy atom. The number of hydrogen-bond donors (Lipinski definition) is 2. The summed E-state index contributed by atoms with van der Waals surface area (Å²) in [5.41, 5.74) is -0.859. The van der Waals surface area contributed by atoms with E-state index in [1.54, 1.807) is 0 Å². The Morgan fingerprint density at radius 1 is 0.778 bits per heavy atom. The Balaban J connectivity index is 1.44. The molecule has 0 atom stereocenters. The van der Waals surface area contributed by atoms with Gasteiger partial charge in [-0.1, -0.05) is 11.6 Å². The lowest BCUT2D eigenvalue weighted by atomic mass is 10.2. The number of rotatable bonds is 10. The van der Waals surface area contributed by atoms with Crippen LogP contribution in [0.3, 0.4) is 0 Å². The molecule has 0 bridgehead atoms. The molecule has 0 aromatic heterocycles. The second-order valence-corrected chi connectivity index (χ2v) is 13.4. The van der Waals surface area contributed by atoms with Gasteiger partial charge in [0.2, 0.25) is 0 Å². The van der Waals surface area contributed by atoms with Crippen molar-refractivity contribution in [3.05, 3.63) is 101 Å². The van der Waals surface area contributed by atoms with Gasteiger partial charge in [-0.25, -0.2) is 16.8 Å². The summed E-state index contributed by atoms with van der Waals surface area (Å²) in [6.45, 7) is 0. The Bertz CT molecular complexity index is 1940. The fraction of sp³-hybridized carbons (Fsp3) is 0.138. The molecule has 0 unspecified atom stereocenters. The summed E-state index contributed by atoms with van der Waals surface area (Å²) in [6, 6.07) is 17.4. The lowest BCUT2D eigenvalue weighted by Crippen LogP contribution is -2.26. The number of anilines is 3. The Labute approximate surface area is 262 Å². The summed E-state index contributed by atoms with van der Waals surface area (Å²) >= 11 is 5.59. The molecule has 0 aliphatic carbocycles. The van der Waals surface area contributed by atoms with Crippen LogP contribution in [0.2, 0.25) is 5.02 Å². The maximum Gasteiger partial charge on any atom is 0.417 e. The first-order chi connectivity index (χ1) is 21.1. The topological polar surface area (TPSA) is 131 Å². The summed E-state index contributed by atoms with van der Waals surface area (Å²) in [6.07, 6.45) is -4.78. The minimum absolute atomic E-state index is 0.0376. The number of alkyl halides is 3. The van der Waals surface area contributed by atoms with Gasteiger partial charge in [0.25, 0.3) is 26.0 Å². The van der Waals surface area contributed by atoms with E-state index in [0.717, 1.165) is 28.6 Å². The van der Waals surface area contributed by atoms with Gasteiger partial charge >= 0.3 is 6.18 Å². The molecule has 0 aliphatic heterocycles. The fourth-order valence-electron chi connectivity index (χ4n) is 4.04. The van der Waals surface area contributed by atoms with E-state index in [1.165, 1.54) is 75.9 Å². The maximum absolute atomic E-state index is 13.2. The van der Waals surface area contributed by atoms with E-state index in [1.807, 2.05) is 0 Å². The molecule has 0 aliphatic rings. The first kappa shape index (κ1) is 33.4. The molecule has 2 N–H and O–H groups in total. The summed E-state index contributed by atoms with van der Waals surface area (Å²) in [5.74, 6) is 0.0341. The quantitative estimate of drug-likeness (QED) is 0.202. The number of nitrogens with zero attached hydrogens (tertiary/aromatic N) is 1. The molecule has 4 rings (SSSR count). The second kappa shape index (κ2) is 12.9. The van der Waals surface area contributed by atoms with Crippen molar-refractivity contribution in [3.63, 3.8) is 0 Å². The molecule has 0 saturated carbocycles. The van der Waals surface area contributed by atoms with Crippen molar-refractivity contribution in [3.8, 4) is 11.5 Å². The van der Waals surface area contributed by atoms with E-state index in [-0.39, 0.29) is 38.2 Å². The number of sulfonamides is 2. The fourth-order valence-corrected chi connectivity index (χ4v) is 6.52. The molecule has 16 heteroatoms. The van der Waals surface area contributed by atoms with Crippen LogP contribution in [0, 0.1) is 0 Å². The number of nitrogens with one attached hydrogen (secondary N) is 2. The van der Waals surface area contributed by atoms with Gasteiger partial charge in [-0.05, 0) is 78.9 Å². The average Bonchev–Trinajstić information content (AvgIpc) is 3.00. The van der Waals surface area contributed by atoms with Gasteiger partial charge in [0.1, 0.15) is 0 Å². The van der Waals surface area contributed by atoms with Crippen molar-refractivity contribution in [1.29, 1.82) is 0 Å². The van der Waals surface area contributed by atoms with E-state index >= 15 is 0 Å². The van der Waals surface area contributed by atoms with Crippen LogP contribution in [0.1, 0.15) is 15.9 Å². The molecule has 0 saturated heterocycles. The molecule has 0 spiro atoms. The lowest BCUT2D eigenvalue weighted by Gasteiger charge is -2.20. The minimum Gasteiger partial charge on any atom is -0.493 e. The number of amides is 1. The lowest BCUT2D eigenvalue weighted by molar-refractivity contribution is -0.137. The number of halogens is 4. The Kier molecular flexibility index (Phi) is 9.56. The molecule has 4 aromatic rings. The first-order valence-electron chi connectivity index (χ1n) is 12.7. The number of methoxy groups -OCH3 is 2. The van der Waals surface area contributed by atoms with Crippen LogP contribution in [0.25, 0.3) is 0 Å². The van der Waals surface area contributed by atoms with Gasteiger partial charge in [0.05, 0.1) is 40.3 Å². The van der Waals surface area contributed by atoms with Crippen LogP contribution in [0.5, 0.6) is 11.5 Å². The largest absolute Gasteiger partial charge is 0.493 e. The van der Waals surface area contributed by atoms with E-state index in [2.05, 4.69) is 10.0 Å². The highest BCUT2D eigenvalue weighted by atomic mass is 35.5. The molecular formula is C29H25ClF3N3O7S2. The van der Waals surface area contributed by atoms with Crippen molar-refractivity contribution in [2.75, 3.05) is 35.6 Å². The van der Waals surface area contributed by atoms with Crippen LogP contribution in [-0.2, 0) is 26.2 Å². The Morgan fingerprint density at radius 2 is 1.36 bits per heavy atom. The smallest absolute Gasteiger partial charge is 0.417 e. The van der Waals surface area contributed by atoms with Gasteiger partial charge in [-0.3, -0.25) is 13.8 Å². The molecule has 45 heavy (non-hydrogen) atoms. The van der Waals surface area contributed by atoms with Crippen molar-refractivity contribution in [2.24, 2.45) is 0 Å². The summed E-state index contributed by atoms with van der Waals surface area (Å²) in [4.78, 5) is 12.5. The van der Waals surface area contributed by atoms with Gasteiger partial charge in [-0.15, -0.1) is 0 Å². The number of ether oxygens (including phenoxy) is 2. The molecule has 0 radical (unpaired) electrons. The SMILES string of the molecule is COc1ccc(S(=O)(=O)N(C)c2ccc(C(=O)Nc3ccc(S(=O)(=O)Nc4ccc(Cl)c(C(F)(F)F)c4)cc3)cc2)cc1OC. The van der Waals surface area contributed by atoms with Crippen molar-refractivity contribution < 1.29 is 44.3 Å². The van der Waals surface area contributed by atoms with E-state index < -0.39 is 42.7 Å². The van der Waals surface area contributed by atoms with E-state index in [4.69, 9.17) is 21.1 Å². The zero-order valence-corrected chi connectivity index (χ0v) is 26.1. The average molecular weight is 684 g/mol. The van der Waals surface area contributed by atoms with Gasteiger partial charge in [0, 0.05) is 30.1 Å². The van der Waals surface area contributed by atoms with Gasteiger partial charge < -0.3 is 14.8 Å². The summed E-state index contributed by atoms with van der Waals surface area (Å²) < 4.78 is 105. The predicted octanol–water partition coefficient (Wildman–Crippen LogP) is 6.25. The molecule has 0 fully saturated rings. The summed E-state index contributed by atoms with van der Waals surface area (Å²) in [7, 11) is -4.10. The van der Waals surface area contributed by atoms with Crippen LogP contribution < -0.4 is 23.8 Å². The van der Waals surface area contributed by atoms with Crippen molar-refractivity contribution in [1.82, 2.24) is 0 Å². The van der Waals surface area contributed by atoms with Crippen molar-refractivity contribution in [2.45, 2.75) is 16.0 Å². The molecule has 10 nitrogen and oxygen atoms in total. The summed E-state index contributed by atoms with van der Waals surface area (Å²) in [5, 5.41) is 2.02. The van der Waals surface area contributed by atoms with Gasteiger partial charge in [0.15, 0.2) is 11.5 Å².